The number of aryl methyl sites for hydroxylation is 2. The van der Waals surface area contributed by atoms with Gasteiger partial charge in [-0.2, -0.15) is 5.10 Å². The van der Waals surface area contributed by atoms with Crippen molar-refractivity contribution in [1.29, 1.82) is 0 Å². The molecule has 5 aromatic rings. The Morgan fingerprint density at radius 3 is 2.27 bits per heavy atom. The molecule has 0 bridgehead atoms. The highest BCUT2D eigenvalue weighted by Crippen LogP contribution is 2.23. The fourth-order valence-electron chi connectivity index (χ4n) is 3.71. The van der Waals surface area contributed by atoms with Crippen LogP contribution >= 0.6 is 0 Å². The minimum absolute atomic E-state index is 0.0601. The third kappa shape index (κ3) is 5.62. The zero-order valence-corrected chi connectivity index (χ0v) is 20.1. The molecule has 2 N–H and O–H groups in total. The summed E-state index contributed by atoms with van der Waals surface area (Å²) in [4.78, 5) is 25.4. The van der Waals surface area contributed by atoms with Gasteiger partial charge in [-0.3, -0.25) is 20.4 Å². The Morgan fingerprint density at radius 2 is 1.54 bits per heavy atom. The van der Waals surface area contributed by atoms with Crippen LogP contribution in [0, 0.1) is 6.92 Å². The zero-order valence-electron chi connectivity index (χ0n) is 20.1. The van der Waals surface area contributed by atoms with Gasteiger partial charge in [-0.1, -0.05) is 66.2 Å². The van der Waals surface area contributed by atoms with E-state index < -0.39 is 5.91 Å². The van der Waals surface area contributed by atoms with Crippen molar-refractivity contribution in [3.63, 3.8) is 0 Å². The Hall–Kier alpha value is -5.05. The van der Waals surface area contributed by atoms with E-state index in [0.717, 1.165) is 22.4 Å². The molecule has 5 rings (SSSR count). The maximum absolute atomic E-state index is 13.0. The average Bonchev–Trinajstić information content (AvgIpc) is 3.60. The number of aromatic nitrogens is 4. The zero-order chi connectivity index (χ0) is 25.6. The van der Waals surface area contributed by atoms with Crippen LogP contribution in [0.25, 0.3) is 28.4 Å². The van der Waals surface area contributed by atoms with Crippen LogP contribution in [0.4, 0.5) is 0 Å². The topological polar surface area (TPSA) is 115 Å². The van der Waals surface area contributed by atoms with Crippen LogP contribution < -0.4 is 10.9 Å². The average molecular weight is 493 g/mol. The molecule has 0 saturated carbocycles. The second-order valence-electron chi connectivity index (χ2n) is 8.41. The fourth-order valence-corrected chi connectivity index (χ4v) is 3.71. The van der Waals surface area contributed by atoms with E-state index in [1.165, 1.54) is 0 Å². The Bertz CT molecular complexity index is 1510. The minimum Gasteiger partial charge on any atom is -0.421 e. The summed E-state index contributed by atoms with van der Waals surface area (Å²) in [5, 5.41) is 12.7. The molecule has 9 heteroatoms. The molecule has 3 aromatic carbocycles. The van der Waals surface area contributed by atoms with Crippen LogP contribution in [0.5, 0.6) is 0 Å². The van der Waals surface area contributed by atoms with Crippen LogP contribution in [0.2, 0.25) is 0 Å². The van der Waals surface area contributed by atoms with Crippen LogP contribution in [-0.2, 0) is 11.2 Å². The van der Waals surface area contributed by atoms with Crippen molar-refractivity contribution in [2.45, 2.75) is 19.8 Å². The van der Waals surface area contributed by atoms with E-state index in [-0.39, 0.29) is 18.7 Å². The highest BCUT2D eigenvalue weighted by Gasteiger charge is 2.19. The van der Waals surface area contributed by atoms with Crippen molar-refractivity contribution < 1.29 is 14.0 Å². The number of hydrogen-bond donors (Lipinski definition) is 2. The Morgan fingerprint density at radius 1 is 0.838 bits per heavy atom. The largest absolute Gasteiger partial charge is 0.421 e. The van der Waals surface area contributed by atoms with E-state index in [1.807, 2.05) is 91.9 Å². The third-order valence-corrected chi connectivity index (χ3v) is 5.67. The molecule has 0 saturated heterocycles. The van der Waals surface area contributed by atoms with Gasteiger partial charge in [0, 0.05) is 30.2 Å². The first kappa shape index (κ1) is 23.7. The van der Waals surface area contributed by atoms with Gasteiger partial charge in [0.05, 0.1) is 11.3 Å². The summed E-state index contributed by atoms with van der Waals surface area (Å²) in [6.45, 7) is 2.00. The second kappa shape index (κ2) is 10.7. The van der Waals surface area contributed by atoms with Gasteiger partial charge in [0.25, 0.3) is 5.91 Å². The van der Waals surface area contributed by atoms with E-state index in [0.29, 0.717) is 23.0 Å². The molecule has 0 atom stereocenters. The Labute approximate surface area is 213 Å². The standard InChI is InChI=1S/C28H24N6O3/c1-19-12-14-21(15-13-19)28-32-30-25(37-28)17-16-24(35)29-31-27(36)23-18-34(22-10-6-3-7-11-22)33-26(23)20-8-4-2-5-9-20/h2-15,18H,16-17H2,1H3,(H,29,35)(H,31,36). The highest BCUT2D eigenvalue weighted by atomic mass is 16.4. The second-order valence-corrected chi connectivity index (χ2v) is 8.41. The number of nitrogens with zero attached hydrogens (tertiary/aromatic N) is 4. The lowest BCUT2D eigenvalue weighted by atomic mass is 10.1. The molecule has 0 aliphatic carbocycles. The monoisotopic (exact) mass is 492 g/mol. The van der Waals surface area contributed by atoms with E-state index in [4.69, 9.17) is 4.42 Å². The highest BCUT2D eigenvalue weighted by molar-refractivity contribution is 6.00. The molecule has 0 unspecified atom stereocenters. The predicted molar refractivity (Wildman–Crippen MR) is 137 cm³/mol. The van der Waals surface area contributed by atoms with Crippen LogP contribution in [0.3, 0.4) is 0 Å². The van der Waals surface area contributed by atoms with Crippen LogP contribution in [0.15, 0.2) is 95.5 Å². The summed E-state index contributed by atoms with van der Waals surface area (Å²) in [5.41, 5.74) is 9.32. The first-order chi connectivity index (χ1) is 18.1. The number of carbonyl (C=O) groups is 2. The number of hydrazine groups is 1. The van der Waals surface area contributed by atoms with Gasteiger partial charge >= 0.3 is 0 Å². The first-order valence-electron chi connectivity index (χ1n) is 11.8. The van der Waals surface area contributed by atoms with Crippen molar-refractivity contribution >= 4 is 11.8 Å². The Balaban J connectivity index is 1.23. The summed E-state index contributed by atoms with van der Waals surface area (Å²) in [5.74, 6) is -0.130. The third-order valence-electron chi connectivity index (χ3n) is 5.67. The number of nitrogens with one attached hydrogen (secondary N) is 2. The molecule has 9 nitrogen and oxygen atoms in total. The summed E-state index contributed by atoms with van der Waals surface area (Å²) in [7, 11) is 0. The molecule has 184 valence electrons. The molecule has 0 aliphatic heterocycles. The van der Waals surface area contributed by atoms with E-state index >= 15 is 0 Å². The molecule has 0 spiro atoms. The quantitative estimate of drug-likeness (QED) is 0.328. The molecule has 2 aromatic heterocycles. The smallest absolute Gasteiger partial charge is 0.273 e. The van der Waals surface area contributed by atoms with Crippen molar-refractivity contribution in [2.24, 2.45) is 0 Å². The fraction of sp³-hybridized carbons (Fsp3) is 0.107. The number of amides is 2. The maximum Gasteiger partial charge on any atom is 0.273 e. The predicted octanol–water partition coefficient (Wildman–Crippen LogP) is 4.29. The van der Waals surface area contributed by atoms with Crippen molar-refractivity contribution in [3.8, 4) is 28.4 Å². The lowest BCUT2D eigenvalue weighted by Gasteiger charge is -2.07. The molecule has 0 aliphatic rings. The summed E-state index contributed by atoms with van der Waals surface area (Å²) in [6.07, 6.45) is 1.94. The van der Waals surface area contributed by atoms with E-state index in [2.05, 4.69) is 26.1 Å². The van der Waals surface area contributed by atoms with Crippen molar-refractivity contribution in [1.82, 2.24) is 30.8 Å². The van der Waals surface area contributed by atoms with Crippen LogP contribution in [-0.4, -0.2) is 31.8 Å². The Kier molecular flexibility index (Phi) is 6.84. The molecular formula is C28H24N6O3. The van der Waals surface area contributed by atoms with Gasteiger partial charge in [-0.15, -0.1) is 10.2 Å². The SMILES string of the molecule is Cc1ccc(-c2nnc(CCC(=O)NNC(=O)c3cn(-c4ccccc4)nc3-c3ccccc3)o2)cc1. The molecule has 0 radical (unpaired) electrons. The summed E-state index contributed by atoms with van der Waals surface area (Å²) >= 11 is 0. The lowest BCUT2D eigenvalue weighted by Crippen LogP contribution is -2.41. The van der Waals surface area contributed by atoms with Gasteiger partial charge in [0.1, 0.15) is 5.69 Å². The number of para-hydroxylation sites is 1. The summed E-state index contributed by atoms with van der Waals surface area (Å²) < 4.78 is 7.30. The maximum atomic E-state index is 13.0. The normalized spacial score (nSPS) is 10.7. The molecular weight excluding hydrogens is 468 g/mol. The van der Waals surface area contributed by atoms with Gasteiger partial charge < -0.3 is 4.42 Å². The summed E-state index contributed by atoms with van der Waals surface area (Å²) in [6, 6.07) is 26.6. The van der Waals surface area contributed by atoms with Gasteiger partial charge in [0.2, 0.25) is 17.7 Å². The van der Waals surface area contributed by atoms with Crippen LogP contribution in [0.1, 0.15) is 28.2 Å². The molecule has 0 fully saturated rings. The first-order valence-corrected chi connectivity index (χ1v) is 11.8. The number of hydrogen-bond acceptors (Lipinski definition) is 6. The number of carbonyl (C=O) groups excluding carboxylic acids is 2. The van der Waals surface area contributed by atoms with Crippen molar-refractivity contribution in [2.75, 3.05) is 0 Å². The van der Waals surface area contributed by atoms with Gasteiger partial charge in [0.15, 0.2) is 0 Å². The molecule has 2 heterocycles. The molecule has 37 heavy (non-hydrogen) atoms. The van der Waals surface area contributed by atoms with E-state index in [9.17, 15) is 9.59 Å². The van der Waals surface area contributed by atoms with Gasteiger partial charge in [-0.25, -0.2) is 4.68 Å². The lowest BCUT2D eigenvalue weighted by molar-refractivity contribution is -0.121. The number of rotatable bonds is 7. The van der Waals surface area contributed by atoms with Gasteiger partial charge in [-0.05, 0) is 31.2 Å². The minimum atomic E-state index is -0.478. The molecule has 2 amide bonds. The van der Waals surface area contributed by atoms with E-state index in [1.54, 1.807) is 10.9 Å². The number of benzene rings is 3. The van der Waals surface area contributed by atoms with Crippen molar-refractivity contribution in [3.05, 3.63) is 108 Å².